The Morgan fingerprint density at radius 1 is 1.53 bits per heavy atom. The highest BCUT2D eigenvalue weighted by atomic mass is 79.9. The zero-order valence-corrected chi connectivity index (χ0v) is 13.9. The number of amides is 2. The molecule has 0 bridgehead atoms. The quantitative estimate of drug-likeness (QED) is 0.825. The van der Waals surface area contributed by atoms with Crippen molar-refractivity contribution in [1.29, 1.82) is 0 Å². The number of hydrogen-bond acceptors (Lipinski definition) is 3. The third-order valence-corrected chi connectivity index (χ3v) is 5.85. The molecule has 3 nitrogen and oxygen atoms in total. The third-order valence-electron chi connectivity index (χ3n) is 3.25. The fourth-order valence-electron chi connectivity index (χ4n) is 2.43. The Balaban J connectivity index is 2.31. The van der Waals surface area contributed by atoms with Gasteiger partial charge in [0.2, 0.25) is 11.8 Å². The van der Waals surface area contributed by atoms with Gasteiger partial charge in [0.15, 0.2) is 0 Å². The van der Waals surface area contributed by atoms with E-state index in [4.69, 9.17) is 11.6 Å². The molecule has 2 atom stereocenters. The van der Waals surface area contributed by atoms with Crippen LogP contribution in [0.5, 0.6) is 0 Å². The predicted octanol–water partition coefficient (Wildman–Crippen LogP) is 3.96. The lowest BCUT2D eigenvalue weighted by Gasteiger charge is -2.30. The number of halogens is 2. The highest BCUT2D eigenvalue weighted by molar-refractivity contribution is 9.10. The Labute approximate surface area is 129 Å². The number of hydrogen-bond donors (Lipinski definition) is 1. The van der Waals surface area contributed by atoms with Gasteiger partial charge in [-0.25, -0.2) is 0 Å². The molecule has 0 aliphatic carbocycles. The molecule has 104 valence electrons. The first kappa shape index (κ1) is 15.0. The number of imide groups is 1. The molecule has 0 saturated carbocycles. The van der Waals surface area contributed by atoms with Gasteiger partial charge >= 0.3 is 0 Å². The first-order valence-electron chi connectivity index (χ1n) is 6.17. The Morgan fingerprint density at radius 2 is 2.21 bits per heavy atom. The highest BCUT2D eigenvalue weighted by Crippen LogP contribution is 2.42. The second kappa shape index (κ2) is 5.94. The van der Waals surface area contributed by atoms with Crippen LogP contribution in [-0.4, -0.2) is 11.8 Å². The SMILES string of the molecule is CC(C)CC1C(=O)NC(=O)CC1c1cc(Br)c(Cl)s1. The number of piperidine rings is 1. The van der Waals surface area contributed by atoms with Gasteiger partial charge in [0.1, 0.15) is 4.34 Å². The van der Waals surface area contributed by atoms with E-state index in [0.29, 0.717) is 16.7 Å². The molecular weight excluding hydrogens is 350 g/mol. The van der Waals surface area contributed by atoms with E-state index in [1.165, 1.54) is 11.3 Å². The standard InChI is InChI=1S/C13H15BrClNO2S/c1-6(2)3-8-7(4-11(17)16-13(8)18)10-5-9(14)12(15)19-10/h5-8H,3-4H2,1-2H3,(H,16,17,18). The van der Waals surface area contributed by atoms with E-state index >= 15 is 0 Å². The molecular formula is C13H15BrClNO2S. The van der Waals surface area contributed by atoms with Crippen LogP contribution in [0.3, 0.4) is 0 Å². The summed E-state index contributed by atoms with van der Waals surface area (Å²) in [6.07, 6.45) is 1.13. The fraction of sp³-hybridized carbons (Fsp3) is 0.538. The van der Waals surface area contributed by atoms with Crippen LogP contribution in [0.25, 0.3) is 0 Å². The first-order chi connectivity index (χ1) is 8.88. The lowest BCUT2D eigenvalue weighted by molar-refractivity contribution is -0.137. The van der Waals surface area contributed by atoms with Crippen molar-refractivity contribution in [3.8, 4) is 0 Å². The molecule has 6 heteroatoms. The van der Waals surface area contributed by atoms with Crippen molar-refractivity contribution in [3.05, 3.63) is 19.8 Å². The van der Waals surface area contributed by atoms with E-state index in [9.17, 15) is 9.59 Å². The van der Waals surface area contributed by atoms with Gasteiger partial charge in [0.05, 0.1) is 0 Å². The van der Waals surface area contributed by atoms with Crippen LogP contribution in [0.15, 0.2) is 10.5 Å². The van der Waals surface area contributed by atoms with Crippen molar-refractivity contribution in [2.75, 3.05) is 0 Å². The van der Waals surface area contributed by atoms with E-state index in [0.717, 1.165) is 15.8 Å². The molecule has 0 spiro atoms. The number of nitrogens with one attached hydrogen (secondary N) is 1. The van der Waals surface area contributed by atoms with Crippen LogP contribution < -0.4 is 5.32 Å². The summed E-state index contributed by atoms with van der Waals surface area (Å²) >= 11 is 10.9. The minimum atomic E-state index is -0.198. The van der Waals surface area contributed by atoms with Crippen LogP contribution >= 0.6 is 38.9 Å². The third kappa shape index (κ3) is 3.38. The average Bonchev–Trinajstić information content (AvgIpc) is 2.62. The van der Waals surface area contributed by atoms with E-state index in [-0.39, 0.29) is 23.7 Å². The molecule has 1 aromatic rings. The number of carbonyl (C=O) groups is 2. The minimum absolute atomic E-state index is 0.0579. The Kier molecular flexibility index (Phi) is 4.69. The molecule has 0 aromatic carbocycles. The Hall–Kier alpha value is -0.390. The van der Waals surface area contributed by atoms with Crippen molar-refractivity contribution < 1.29 is 9.59 Å². The van der Waals surface area contributed by atoms with Crippen LogP contribution in [-0.2, 0) is 9.59 Å². The van der Waals surface area contributed by atoms with Gasteiger partial charge in [-0.2, -0.15) is 0 Å². The van der Waals surface area contributed by atoms with Gasteiger partial charge in [-0.05, 0) is 34.3 Å². The van der Waals surface area contributed by atoms with E-state index in [1.54, 1.807) is 0 Å². The molecule has 1 fully saturated rings. The van der Waals surface area contributed by atoms with Gasteiger partial charge in [-0.3, -0.25) is 14.9 Å². The highest BCUT2D eigenvalue weighted by Gasteiger charge is 2.38. The molecule has 1 saturated heterocycles. The molecule has 1 aliphatic heterocycles. The van der Waals surface area contributed by atoms with Gasteiger partial charge in [-0.15, -0.1) is 11.3 Å². The predicted molar refractivity (Wildman–Crippen MR) is 80.5 cm³/mol. The molecule has 2 heterocycles. The Morgan fingerprint density at radius 3 is 2.74 bits per heavy atom. The normalized spacial score (nSPS) is 23.8. The van der Waals surface area contributed by atoms with E-state index < -0.39 is 0 Å². The van der Waals surface area contributed by atoms with Crippen LogP contribution in [0.2, 0.25) is 4.34 Å². The molecule has 19 heavy (non-hydrogen) atoms. The summed E-state index contributed by atoms with van der Waals surface area (Å²) in [5.41, 5.74) is 0. The number of rotatable bonds is 3. The number of carbonyl (C=O) groups excluding carboxylic acids is 2. The lowest BCUT2D eigenvalue weighted by Crippen LogP contribution is -2.45. The second-order valence-electron chi connectivity index (χ2n) is 5.23. The molecule has 2 unspecified atom stereocenters. The van der Waals surface area contributed by atoms with Crippen molar-refractivity contribution in [3.63, 3.8) is 0 Å². The molecule has 2 amide bonds. The van der Waals surface area contributed by atoms with Crippen molar-refractivity contribution in [2.45, 2.75) is 32.6 Å². The van der Waals surface area contributed by atoms with E-state index in [2.05, 4.69) is 35.1 Å². The molecule has 1 aliphatic rings. The molecule has 0 radical (unpaired) electrons. The van der Waals surface area contributed by atoms with Crippen LogP contribution in [0, 0.1) is 11.8 Å². The summed E-state index contributed by atoms with van der Waals surface area (Å²) in [6.45, 7) is 4.16. The number of thiophene rings is 1. The summed E-state index contributed by atoms with van der Waals surface area (Å²) in [5, 5.41) is 2.44. The van der Waals surface area contributed by atoms with Crippen molar-refractivity contribution in [1.82, 2.24) is 5.32 Å². The van der Waals surface area contributed by atoms with Crippen molar-refractivity contribution in [2.24, 2.45) is 11.8 Å². The van der Waals surface area contributed by atoms with Gasteiger partial charge in [0.25, 0.3) is 0 Å². The van der Waals surface area contributed by atoms with Gasteiger partial charge < -0.3 is 0 Å². The largest absolute Gasteiger partial charge is 0.296 e. The van der Waals surface area contributed by atoms with Crippen LogP contribution in [0.4, 0.5) is 0 Å². The summed E-state index contributed by atoms with van der Waals surface area (Å²) in [7, 11) is 0. The zero-order chi connectivity index (χ0) is 14.2. The van der Waals surface area contributed by atoms with Crippen LogP contribution in [0.1, 0.15) is 37.5 Å². The summed E-state index contributed by atoms with van der Waals surface area (Å²) in [5.74, 6) is -0.159. The molecule has 1 aromatic heterocycles. The minimum Gasteiger partial charge on any atom is -0.296 e. The maximum atomic E-state index is 12.0. The monoisotopic (exact) mass is 363 g/mol. The van der Waals surface area contributed by atoms with Gasteiger partial charge in [0, 0.05) is 27.6 Å². The first-order valence-corrected chi connectivity index (χ1v) is 8.15. The van der Waals surface area contributed by atoms with Gasteiger partial charge in [-0.1, -0.05) is 25.4 Å². The fourth-order valence-corrected chi connectivity index (χ4v) is 4.33. The smallest absolute Gasteiger partial charge is 0.230 e. The lowest BCUT2D eigenvalue weighted by atomic mass is 9.79. The Bertz CT molecular complexity index is 495. The van der Waals surface area contributed by atoms with E-state index in [1.807, 2.05) is 6.07 Å². The summed E-state index contributed by atoms with van der Waals surface area (Å²) in [6, 6.07) is 1.93. The van der Waals surface area contributed by atoms with Crippen molar-refractivity contribution >= 4 is 50.7 Å². The average molecular weight is 365 g/mol. The maximum absolute atomic E-state index is 12.0. The molecule has 1 N–H and O–H groups in total. The molecule has 2 rings (SSSR count). The maximum Gasteiger partial charge on any atom is 0.230 e. The zero-order valence-electron chi connectivity index (χ0n) is 10.7. The summed E-state index contributed by atoms with van der Waals surface area (Å²) < 4.78 is 1.49. The summed E-state index contributed by atoms with van der Waals surface area (Å²) in [4.78, 5) is 24.7. The topological polar surface area (TPSA) is 46.2 Å². The second-order valence-corrected chi connectivity index (χ2v) is 7.77.